The number of benzene rings is 2. The van der Waals surface area contributed by atoms with E-state index in [-0.39, 0.29) is 12.4 Å². The maximum absolute atomic E-state index is 13.3. The van der Waals surface area contributed by atoms with Crippen LogP contribution in [0.3, 0.4) is 0 Å². The number of halogens is 2. The summed E-state index contributed by atoms with van der Waals surface area (Å²) in [6.45, 7) is 1.92. The van der Waals surface area contributed by atoms with Crippen molar-refractivity contribution in [2.45, 2.75) is 13.5 Å². The second-order valence-electron chi connectivity index (χ2n) is 3.97. The molecule has 0 atom stereocenters. The van der Waals surface area contributed by atoms with Crippen LogP contribution in [0, 0.1) is 18.6 Å². The largest absolute Gasteiger partial charge is 0.483 e. The van der Waals surface area contributed by atoms with Crippen molar-refractivity contribution in [3.05, 3.63) is 59.2 Å². The predicted octanol–water partition coefficient (Wildman–Crippen LogP) is 3.43. The molecule has 0 radical (unpaired) electrons. The summed E-state index contributed by atoms with van der Waals surface area (Å²) >= 11 is 0. The molecule has 0 amide bonds. The van der Waals surface area contributed by atoms with Crippen LogP contribution in [0.1, 0.15) is 11.1 Å². The zero-order valence-electron chi connectivity index (χ0n) is 9.91. The van der Waals surface area contributed by atoms with Crippen LogP contribution in [0.15, 0.2) is 36.4 Å². The van der Waals surface area contributed by atoms with Crippen molar-refractivity contribution in [2.75, 3.05) is 5.73 Å². The number of rotatable bonds is 3. The van der Waals surface area contributed by atoms with Crippen LogP contribution >= 0.6 is 0 Å². The molecule has 0 heterocycles. The van der Waals surface area contributed by atoms with Crippen LogP contribution in [0.4, 0.5) is 14.5 Å². The van der Waals surface area contributed by atoms with E-state index >= 15 is 0 Å². The van der Waals surface area contributed by atoms with Crippen LogP contribution in [0.2, 0.25) is 0 Å². The first-order valence-corrected chi connectivity index (χ1v) is 5.50. The van der Waals surface area contributed by atoms with Gasteiger partial charge in [-0.25, -0.2) is 8.78 Å². The highest BCUT2D eigenvalue weighted by Gasteiger charge is 2.10. The molecular formula is C14H13F2NO. The standard InChI is InChI=1S/C14H13F2NO/c1-9-10(4-2-7-13(9)17)8-18-14-11(15)5-3-6-12(14)16/h2-7H,8,17H2,1H3. The van der Waals surface area contributed by atoms with Crippen molar-refractivity contribution in [1.82, 2.24) is 0 Å². The lowest BCUT2D eigenvalue weighted by molar-refractivity contribution is 0.273. The van der Waals surface area contributed by atoms with E-state index in [0.717, 1.165) is 23.3 Å². The summed E-state index contributed by atoms with van der Waals surface area (Å²) in [5.74, 6) is -1.78. The first kappa shape index (κ1) is 12.4. The maximum atomic E-state index is 13.3. The number of hydrogen-bond acceptors (Lipinski definition) is 2. The normalized spacial score (nSPS) is 10.4. The third kappa shape index (κ3) is 2.42. The maximum Gasteiger partial charge on any atom is 0.191 e. The summed E-state index contributed by atoms with van der Waals surface area (Å²) < 4.78 is 31.9. The Kier molecular flexibility index (Phi) is 3.46. The highest BCUT2D eigenvalue weighted by molar-refractivity contribution is 5.49. The summed E-state index contributed by atoms with van der Waals surface area (Å²) in [4.78, 5) is 0. The van der Waals surface area contributed by atoms with Crippen molar-refractivity contribution < 1.29 is 13.5 Å². The summed E-state index contributed by atoms with van der Waals surface area (Å²) in [6.07, 6.45) is 0. The molecule has 0 saturated heterocycles. The first-order valence-electron chi connectivity index (χ1n) is 5.50. The highest BCUT2D eigenvalue weighted by atomic mass is 19.1. The minimum absolute atomic E-state index is 0.0781. The van der Waals surface area contributed by atoms with Gasteiger partial charge >= 0.3 is 0 Å². The van der Waals surface area contributed by atoms with E-state index in [2.05, 4.69) is 0 Å². The van der Waals surface area contributed by atoms with E-state index in [1.54, 1.807) is 12.1 Å². The SMILES string of the molecule is Cc1c(N)cccc1COc1c(F)cccc1F. The average Bonchev–Trinajstić information content (AvgIpc) is 2.33. The first-order chi connectivity index (χ1) is 8.59. The molecule has 0 fully saturated rings. The molecule has 4 heteroatoms. The monoisotopic (exact) mass is 249 g/mol. The molecule has 0 aromatic heterocycles. The zero-order valence-corrected chi connectivity index (χ0v) is 9.91. The number of hydrogen-bond donors (Lipinski definition) is 1. The molecular weight excluding hydrogens is 236 g/mol. The molecule has 94 valence electrons. The van der Waals surface area contributed by atoms with Crippen LogP contribution in [-0.4, -0.2) is 0 Å². The minimum Gasteiger partial charge on any atom is -0.483 e. The Morgan fingerprint density at radius 2 is 1.67 bits per heavy atom. The average molecular weight is 249 g/mol. The van der Waals surface area contributed by atoms with Gasteiger partial charge in [-0.2, -0.15) is 0 Å². The fourth-order valence-corrected chi connectivity index (χ4v) is 1.63. The molecule has 2 aromatic carbocycles. The van der Waals surface area contributed by atoms with Gasteiger partial charge in [0.2, 0.25) is 0 Å². The van der Waals surface area contributed by atoms with Gasteiger partial charge in [0.25, 0.3) is 0 Å². The van der Waals surface area contributed by atoms with Crippen LogP contribution < -0.4 is 10.5 Å². The van der Waals surface area contributed by atoms with Crippen molar-refractivity contribution in [3.63, 3.8) is 0 Å². The Hall–Kier alpha value is -2.10. The minimum atomic E-state index is -0.712. The molecule has 0 aliphatic carbocycles. The van der Waals surface area contributed by atoms with E-state index in [0.29, 0.717) is 5.69 Å². The Labute approximate surface area is 104 Å². The molecule has 2 N–H and O–H groups in total. The van der Waals surface area contributed by atoms with E-state index in [1.807, 2.05) is 13.0 Å². The van der Waals surface area contributed by atoms with Crippen molar-refractivity contribution in [3.8, 4) is 5.75 Å². The van der Waals surface area contributed by atoms with Gasteiger partial charge in [0.15, 0.2) is 17.4 Å². The van der Waals surface area contributed by atoms with Crippen molar-refractivity contribution in [1.29, 1.82) is 0 Å². The third-order valence-electron chi connectivity index (χ3n) is 2.78. The Balaban J connectivity index is 2.19. The number of nitrogen functional groups attached to an aromatic ring is 1. The Bertz CT molecular complexity index is 549. The molecule has 0 aliphatic heterocycles. The van der Waals surface area contributed by atoms with Gasteiger partial charge in [0.05, 0.1) is 0 Å². The predicted molar refractivity (Wildman–Crippen MR) is 66.3 cm³/mol. The summed E-state index contributed by atoms with van der Waals surface area (Å²) in [5, 5.41) is 0. The summed E-state index contributed by atoms with van der Waals surface area (Å²) in [6, 6.07) is 8.96. The Morgan fingerprint density at radius 3 is 2.33 bits per heavy atom. The lowest BCUT2D eigenvalue weighted by Gasteiger charge is -2.11. The second kappa shape index (κ2) is 5.04. The molecule has 0 spiro atoms. The fourth-order valence-electron chi connectivity index (χ4n) is 1.63. The Morgan fingerprint density at radius 1 is 1.06 bits per heavy atom. The quantitative estimate of drug-likeness (QED) is 0.846. The molecule has 2 aromatic rings. The lowest BCUT2D eigenvalue weighted by atomic mass is 10.1. The number of nitrogens with two attached hydrogens (primary N) is 1. The van der Waals surface area contributed by atoms with Crippen molar-refractivity contribution >= 4 is 5.69 Å². The van der Waals surface area contributed by atoms with Crippen molar-refractivity contribution in [2.24, 2.45) is 0 Å². The van der Waals surface area contributed by atoms with E-state index < -0.39 is 11.6 Å². The number of anilines is 1. The van der Waals surface area contributed by atoms with Crippen LogP contribution in [-0.2, 0) is 6.61 Å². The molecule has 2 rings (SSSR count). The van der Waals surface area contributed by atoms with Crippen LogP contribution in [0.25, 0.3) is 0 Å². The molecule has 18 heavy (non-hydrogen) atoms. The molecule has 0 aliphatic rings. The molecule has 2 nitrogen and oxygen atoms in total. The zero-order chi connectivity index (χ0) is 13.1. The summed E-state index contributed by atoms with van der Waals surface area (Å²) in [5.41, 5.74) is 8.03. The van der Waals surface area contributed by atoms with Gasteiger partial charge in [-0.3, -0.25) is 0 Å². The van der Waals surface area contributed by atoms with E-state index in [9.17, 15) is 8.78 Å². The van der Waals surface area contributed by atoms with Gasteiger partial charge in [0.1, 0.15) is 6.61 Å². The second-order valence-corrected chi connectivity index (χ2v) is 3.97. The van der Waals surface area contributed by atoms with Gasteiger partial charge in [0, 0.05) is 5.69 Å². The number of para-hydroxylation sites is 1. The smallest absolute Gasteiger partial charge is 0.191 e. The highest BCUT2D eigenvalue weighted by Crippen LogP contribution is 2.23. The van der Waals surface area contributed by atoms with Gasteiger partial charge in [-0.15, -0.1) is 0 Å². The van der Waals surface area contributed by atoms with E-state index in [1.165, 1.54) is 6.07 Å². The topological polar surface area (TPSA) is 35.2 Å². The summed E-state index contributed by atoms with van der Waals surface area (Å²) in [7, 11) is 0. The van der Waals surface area contributed by atoms with Gasteiger partial charge in [-0.1, -0.05) is 18.2 Å². The van der Waals surface area contributed by atoms with E-state index in [4.69, 9.17) is 10.5 Å². The molecule has 0 saturated carbocycles. The number of ether oxygens (including phenoxy) is 1. The van der Waals surface area contributed by atoms with Crippen LogP contribution in [0.5, 0.6) is 5.75 Å². The lowest BCUT2D eigenvalue weighted by Crippen LogP contribution is -2.03. The van der Waals surface area contributed by atoms with Gasteiger partial charge in [-0.05, 0) is 36.2 Å². The fraction of sp³-hybridized carbons (Fsp3) is 0.143. The third-order valence-corrected chi connectivity index (χ3v) is 2.78. The molecule has 0 bridgehead atoms. The van der Waals surface area contributed by atoms with Gasteiger partial charge < -0.3 is 10.5 Å². The molecule has 0 unspecified atom stereocenters.